The van der Waals surface area contributed by atoms with E-state index < -0.39 is 9.84 Å². The molecule has 24 heavy (non-hydrogen) atoms. The summed E-state index contributed by atoms with van der Waals surface area (Å²) in [5.41, 5.74) is 0. The lowest BCUT2D eigenvalue weighted by atomic mass is 10.1. The summed E-state index contributed by atoms with van der Waals surface area (Å²) in [6.07, 6.45) is 1.42. The number of hydrogen-bond acceptors (Lipinski definition) is 5. The first kappa shape index (κ1) is 17.4. The van der Waals surface area contributed by atoms with E-state index in [4.69, 9.17) is 4.74 Å². The van der Waals surface area contributed by atoms with E-state index in [1.165, 1.54) is 0 Å². The van der Waals surface area contributed by atoms with E-state index in [1.54, 1.807) is 35.2 Å². The zero-order chi connectivity index (χ0) is 17.2. The molecule has 1 aliphatic carbocycles. The van der Waals surface area contributed by atoms with Crippen molar-refractivity contribution in [2.75, 3.05) is 25.5 Å². The van der Waals surface area contributed by atoms with E-state index in [-0.39, 0.29) is 47.6 Å². The lowest BCUT2D eigenvalue weighted by molar-refractivity contribution is -0.143. The third kappa shape index (κ3) is 3.63. The number of hydrogen-bond donors (Lipinski definition) is 1. The highest BCUT2D eigenvalue weighted by Gasteiger charge is 2.42. The quantitative estimate of drug-likeness (QED) is 0.848. The smallest absolute Gasteiger partial charge is 0.224 e. The highest BCUT2D eigenvalue weighted by atomic mass is 32.2. The van der Waals surface area contributed by atoms with Crippen molar-refractivity contribution in [2.45, 2.75) is 36.3 Å². The van der Waals surface area contributed by atoms with E-state index in [9.17, 15) is 18.3 Å². The van der Waals surface area contributed by atoms with E-state index in [0.717, 1.165) is 12.8 Å². The zero-order valence-corrected chi connectivity index (χ0v) is 14.3. The maximum Gasteiger partial charge on any atom is 0.224 e. The van der Waals surface area contributed by atoms with Gasteiger partial charge in [0.15, 0.2) is 9.84 Å². The Labute approximate surface area is 142 Å². The molecule has 0 spiro atoms. The molecular weight excluding hydrogens is 330 g/mol. The van der Waals surface area contributed by atoms with Crippen molar-refractivity contribution < 1.29 is 23.1 Å². The van der Waals surface area contributed by atoms with Crippen LogP contribution in [0, 0.1) is 5.92 Å². The Bertz CT molecular complexity index is 675. The first-order valence-electron chi connectivity index (χ1n) is 8.31. The third-order valence-corrected chi connectivity index (χ3v) is 6.63. The summed E-state index contributed by atoms with van der Waals surface area (Å²) in [7, 11) is -3.45. The predicted octanol–water partition coefficient (Wildman–Crippen LogP) is 0.849. The molecule has 3 atom stereocenters. The molecule has 0 bridgehead atoms. The molecule has 1 heterocycles. The second kappa shape index (κ2) is 7.21. The van der Waals surface area contributed by atoms with E-state index in [1.807, 2.05) is 0 Å². The number of carbonyl (C=O) groups excluding carboxylic acids is 1. The fraction of sp³-hybridized carbons (Fsp3) is 0.588. The van der Waals surface area contributed by atoms with Crippen LogP contribution in [0.4, 0.5) is 0 Å². The topological polar surface area (TPSA) is 83.9 Å². The SMILES string of the molecule is O=C(CCS(=O)(=O)c1ccccc1)N1CCO[C@H]2C[C@H](CO)C[C@@H]21. The molecule has 3 rings (SSSR count). The predicted molar refractivity (Wildman–Crippen MR) is 88.2 cm³/mol. The fourth-order valence-electron chi connectivity index (χ4n) is 3.62. The van der Waals surface area contributed by atoms with Crippen LogP contribution in [-0.4, -0.2) is 62.0 Å². The number of ether oxygens (including phenoxy) is 1. The molecule has 1 aromatic rings. The molecule has 1 aromatic carbocycles. The summed E-state index contributed by atoms with van der Waals surface area (Å²) < 4.78 is 30.3. The first-order valence-corrected chi connectivity index (χ1v) is 9.96. The summed E-state index contributed by atoms with van der Waals surface area (Å²) in [6.45, 7) is 1.06. The van der Waals surface area contributed by atoms with Crippen LogP contribution in [-0.2, 0) is 19.4 Å². The molecule has 1 aliphatic heterocycles. The van der Waals surface area contributed by atoms with E-state index >= 15 is 0 Å². The van der Waals surface area contributed by atoms with Gasteiger partial charge in [-0.2, -0.15) is 0 Å². The molecule has 6 nitrogen and oxygen atoms in total. The lowest BCUT2D eigenvalue weighted by Crippen LogP contribution is -2.51. The summed E-state index contributed by atoms with van der Waals surface area (Å²) in [5, 5.41) is 9.34. The first-order chi connectivity index (χ1) is 11.5. The molecule has 0 radical (unpaired) electrons. The number of morpholine rings is 1. The fourth-order valence-corrected chi connectivity index (χ4v) is 4.87. The van der Waals surface area contributed by atoms with Gasteiger partial charge < -0.3 is 14.7 Å². The van der Waals surface area contributed by atoms with Crippen LogP contribution < -0.4 is 0 Å². The Morgan fingerprint density at radius 3 is 2.71 bits per heavy atom. The summed E-state index contributed by atoms with van der Waals surface area (Å²) in [6, 6.07) is 8.17. The Morgan fingerprint density at radius 1 is 1.25 bits per heavy atom. The lowest BCUT2D eigenvalue weighted by Gasteiger charge is -2.37. The number of fused-ring (bicyclic) bond motifs is 1. The van der Waals surface area contributed by atoms with Crippen molar-refractivity contribution in [3.8, 4) is 0 Å². The molecule has 1 amide bonds. The van der Waals surface area contributed by atoms with Crippen molar-refractivity contribution >= 4 is 15.7 Å². The van der Waals surface area contributed by atoms with Gasteiger partial charge in [0.1, 0.15) is 0 Å². The van der Waals surface area contributed by atoms with Crippen molar-refractivity contribution in [1.82, 2.24) is 4.90 Å². The third-order valence-electron chi connectivity index (χ3n) is 4.90. The van der Waals surface area contributed by atoms with E-state index in [2.05, 4.69) is 0 Å². The van der Waals surface area contributed by atoms with Crippen LogP contribution in [0.1, 0.15) is 19.3 Å². The second-order valence-corrected chi connectivity index (χ2v) is 8.57. The maximum atomic E-state index is 12.6. The molecule has 1 saturated carbocycles. The van der Waals surface area contributed by atoms with Crippen molar-refractivity contribution in [1.29, 1.82) is 0 Å². The monoisotopic (exact) mass is 353 g/mol. The highest BCUT2D eigenvalue weighted by Crippen LogP contribution is 2.34. The van der Waals surface area contributed by atoms with Crippen molar-refractivity contribution in [3.05, 3.63) is 30.3 Å². The minimum absolute atomic E-state index is 0.0236. The van der Waals surface area contributed by atoms with Crippen molar-refractivity contribution in [3.63, 3.8) is 0 Å². The van der Waals surface area contributed by atoms with Gasteiger partial charge in [0, 0.05) is 19.6 Å². The number of aliphatic hydroxyl groups excluding tert-OH is 1. The van der Waals surface area contributed by atoms with Gasteiger partial charge in [-0.15, -0.1) is 0 Å². The van der Waals surface area contributed by atoms with Crippen LogP contribution in [0.25, 0.3) is 0 Å². The molecule has 2 fully saturated rings. The van der Waals surface area contributed by atoms with Crippen molar-refractivity contribution in [2.24, 2.45) is 5.92 Å². The highest BCUT2D eigenvalue weighted by molar-refractivity contribution is 7.91. The van der Waals surface area contributed by atoms with Gasteiger partial charge in [-0.25, -0.2) is 8.42 Å². The number of carbonyl (C=O) groups is 1. The summed E-state index contributed by atoms with van der Waals surface area (Å²) in [5.74, 6) is -0.179. The minimum Gasteiger partial charge on any atom is -0.396 e. The Kier molecular flexibility index (Phi) is 5.22. The minimum atomic E-state index is -3.45. The number of aliphatic hydroxyl groups is 1. The molecule has 7 heteroatoms. The molecule has 0 unspecified atom stereocenters. The molecular formula is C17H23NO5S. The van der Waals surface area contributed by atoms with E-state index in [0.29, 0.717) is 13.2 Å². The van der Waals surface area contributed by atoms with Gasteiger partial charge >= 0.3 is 0 Å². The van der Waals surface area contributed by atoms with Crippen LogP contribution in [0.15, 0.2) is 35.2 Å². The number of sulfone groups is 1. The number of amides is 1. The Hall–Kier alpha value is -1.44. The Balaban J connectivity index is 1.63. The largest absolute Gasteiger partial charge is 0.396 e. The molecule has 0 aromatic heterocycles. The summed E-state index contributed by atoms with van der Waals surface area (Å²) >= 11 is 0. The Morgan fingerprint density at radius 2 is 2.00 bits per heavy atom. The number of nitrogens with zero attached hydrogens (tertiary/aromatic N) is 1. The van der Waals surface area contributed by atoms with Gasteiger partial charge in [-0.1, -0.05) is 18.2 Å². The average Bonchev–Trinajstić information content (AvgIpc) is 3.04. The molecule has 1 N–H and O–H groups in total. The average molecular weight is 353 g/mol. The maximum absolute atomic E-state index is 12.6. The van der Waals surface area contributed by atoms with Gasteiger partial charge in [0.05, 0.1) is 29.4 Å². The van der Waals surface area contributed by atoms with Gasteiger partial charge in [-0.3, -0.25) is 4.79 Å². The van der Waals surface area contributed by atoms with Gasteiger partial charge in [-0.05, 0) is 30.9 Å². The number of rotatable bonds is 5. The van der Waals surface area contributed by atoms with Gasteiger partial charge in [0.25, 0.3) is 0 Å². The summed E-state index contributed by atoms with van der Waals surface area (Å²) in [4.78, 5) is 14.6. The standard InChI is InChI=1S/C17H23NO5S/c19-12-13-10-15-16(11-13)23-8-7-18(15)17(20)6-9-24(21,22)14-4-2-1-3-5-14/h1-5,13,15-16,19H,6-12H2/t13-,15+,16+/m1/s1. The molecule has 1 saturated heterocycles. The molecule has 2 aliphatic rings. The van der Waals surface area contributed by atoms with Crippen LogP contribution in [0.3, 0.4) is 0 Å². The second-order valence-electron chi connectivity index (χ2n) is 6.47. The number of benzene rings is 1. The zero-order valence-electron chi connectivity index (χ0n) is 13.5. The van der Waals surface area contributed by atoms with Gasteiger partial charge in [0.2, 0.25) is 5.91 Å². The van der Waals surface area contributed by atoms with Crippen LogP contribution in [0.2, 0.25) is 0 Å². The van der Waals surface area contributed by atoms with Crippen LogP contribution in [0.5, 0.6) is 0 Å². The van der Waals surface area contributed by atoms with Crippen LogP contribution >= 0.6 is 0 Å². The normalized spacial score (nSPS) is 27.0. The molecule has 132 valence electrons.